The molecule has 0 saturated heterocycles. The van der Waals surface area contributed by atoms with Crippen LogP contribution in [0.2, 0.25) is 0 Å². The summed E-state index contributed by atoms with van der Waals surface area (Å²) in [6.07, 6.45) is 0.308. The van der Waals surface area contributed by atoms with Gasteiger partial charge in [0.2, 0.25) is 0 Å². The van der Waals surface area contributed by atoms with Crippen LogP contribution < -0.4 is 9.47 Å². The SMILES string of the molecule is N#CCc1ccc(OC(=O)COc2ccccc2C#N)cc1. The third kappa shape index (κ3) is 4.09. The van der Waals surface area contributed by atoms with E-state index in [0.717, 1.165) is 5.56 Å². The molecule has 0 saturated carbocycles. The zero-order valence-corrected chi connectivity index (χ0v) is 11.7. The molecule has 0 aromatic heterocycles. The Labute approximate surface area is 127 Å². The fraction of sp³-hybridized carbons (Fsp3) is 0.118. The predicted molar refractivity (Wildman–Crippen MR) is 78.0 cm³/mol. The highest BCUT2D eigenvalue weighted by molar-refractivity contribution is 5.74. The molecule has 5 nitrogen and oxygen atoms in total. The summed E-state index contributed by atoms with van der Waals surface area (Å²) in [4.78, 5) is 11.7. The second-order valence-electron chi connectivity index (χ2n) is 4.35. The molecule has 0 aliphatic carbocycles. The zero-order valence-electron chi connectivity index (χ0n) is 11.7. The van der Waals surface area contributed by atoms with Crippen LogP contribution in [-0.4, -0.2) is 12.6 Å². The first-order valence-electron chi connectivity index (χ1n) is 6.51. The fourth-order valence-corrected chi connectivity index (χ4v) is 1.75. The van der Waals surface area contributed by atoms with Gasteiger partial charge in [0.1, 0.15) is 17.6 Å². The first-order valence-corrected chi connectivity index (χ1v) is 6.51. The summed E-state index contributed by atoms with van der Waals surface area (Å²) in [5.74, 6) is 0.149. The summed E-state index contributed by atoms with van der Waals surface area (Å²) in [7, 11) is 0. The van der Waals surface area contributed by atoms with Gasteiger partial charge in [0.25, 0.3) is 0 Å². The van der Waals surface area contributed by atoms with Crippen molar-refractivity contribution in [2.75, 3.05) is 6.61 Å². The molecular formula is C17H12N2O3. The average molecular weight is 292 g/mol. The van der Waals surface area contributed by atoms with Gasteiger partial charge in [0, 0.05) is 0 Å². The number of rotatable bonds is 5. The molecule has 5 heteroatoms. The van der Waals surface area contributed by atoms with E-state index in [-0.39, 0.29) is 6.61 Å². The van der Waals surface area contributed by atoms with Crippen LogP contribution in [0.1, 0.15) is 11.1 Å². The van der Waals surface area contributed by atoms with Gasteiger partial charge in [-0.1, -0.05) is 24.3 Å². The number of carbonyl (C=O) groups is 1. The van der Waals surface area contributed by atoms with Gasteiger partial charge in [-0.15, -0.1) is 0 Å². The average Bonchev–Trinajstić information content (AvgIpc) is 2.55. The van der Waals surface area contributed by atoms with E-state index in [0.29, 0.717) is 23.5 Å². The van der Waals surface area contributed by atoms with Crippen LogP contribution in [0.3, 0.4) is 0 Å². The molecule has 0 spiro atoms. The van der Waals surface area contributed by atoms with Gasteiger partial charge in [-0.25, -0.2) is 4.79 Å². The minimum Gasteiger partial charge on any atom is -0.481 e. The van der Waals surface area contributed by atoms with E-state index in [1.807, 2.05) is 12.1 Å². The summed E-state index contributed by atoms with van der Waals surface area (Å²) >= 11 is 0. The summed E-state index contributed by atoms with van der Waals surface area (Å²) in [5, 5.41) is 17.5. The molecule has 0 aliphatic heterocycles. The van der Waals surface area contributed by atoms with Crippen molar-refractivity contribution in [2.24, 2.45) is 0 Å². The molecule has 0 N–H and O–H groups in total. The number of benzene rings is 2. The Morgan fingerprint density at radius 1 is 1.05 bits per heavy atom. The molecule has 108 valence electrons. The third-order valence-electron chi connectivity index (χ3n) is 2.79. The van der Waals surface area contributed by atoms with E-state index in [1.54, 1.807) is 48.5 Å². The normalized spacial score (nSPS) is 9.36. The summed E-state index contributed by atoms with van der Waals surface area (Å²) in [6, 6.07) is 17.4. The molecule has 2 aromatic rings. The first kappa shape index (κ1) is 15.1. The highest BCUT2D eigenvalue weighted by Crippen LogP contribution is 2.17. The minimum atomic E-state index is -0.569. The van der Waals surface area contributed by atoms with E-state index >= 15 is 0 Å². The summed E-state index contributed by atoms with van der Waals surface area (Å²) in [5.41, 5.74) is 1.21. The second-order valence-corrected chi connectivity index (χ2v) is 4.35. The Kier molecular flexibility index (Phi) is 5.12. The van der Waals surface area contributed by atoms with Crippen LogP contribution in [0.25, 0.3) is 0 Å². The Balaban J connectivity index is 1.90. The Morgan fingerprint density at radius 2 is 1.77 bits per heavy atom. The molecule has 0 radical (unpaired) electrons. The molecule has 0 heterocycles. The van der Waals surface area contributed by atoms with Gasteiger partial charge in [-0.05, 0) is 29.8 Å². The van der Waals surface area contributed by atoms with Crippen molar-refractivity contribution in [2.45, 2.75) is 6.42 Å². The maximum atomic E-state index is 11.7. The van der Waals surface area contributed by atoms with E-state index < -0.39 is 5.97 Å². The molecule has 0 atom stereocenters. The maximum absolute atomic E-state index is 11.7. The smallest absolute Gasteiger partial charge is 0.349 e. The number of hydrogen-bond acceptors (Lipinski definition) is 5. The van der Waals surface area contributed by atoms with Gasteiger partial charge >= 0.3 is 5.97 Å². The van der Waals surface area contributed by atoms with Gasteiger partial charge in [0.05, 0.1) is 18.1 Å². The molecule has 0 aliphatic rings. The van der Waals surface area contributed by atoms with Gasteiger partial charge in [-0.2, -0.15) is 10.5 Å². The van der Waals surface area contributed by atoms with Crippen LogP contribution in [0.4, 0.5) is 0 Å². The van der Waals surface area contributed by atoms with Crippen LogP contribution in [-0.2, 0) is 11.2 Å². The highest BCUT2D eigenvalue weighted by atomic mass is 16.6. The van der Waals surface area contributed by atoms with Gasteiger partial charge in [-0.3, -0.25) is 0 Å². The second kappa shape index (κ2) is 7.47. The van der Waals surface area contributed by atoms with Crippen LogP contribution >= 0.6 is 0 Å². The number of para-hydroxylation sites is 1. The largest absolute Gasteiger partial charge is 0.481 e. The number of hydrogen-bond donors (Lipinski definition) is 0. The van der Waals surface area contributed by atoms with Crippen molar-refractivity contribution in [1.82, 2.24) is 0 Å². The molecule has 0 fully saturated rings. The Hall–Kier alpha value is -3.31. The lowest BCUT2D eigenvalue weighted by molar-refractivity contribution is -0.136. The zero-order chi connectivity index (χ0) is 15.8. The molecule has 0 bridgehead atoms. The molecule has 0 unspecified atom stereocenters. The summed E-state index contributed by atoms with van der Waals surface area (Å²) < 4.78 is 10.4. The molecular weight excluding hydrogens is 280 g/mol. The Bertz CT molecular complexity index is 740. The molecule has 2 rings (SSSR count). The highest BCUT2D eigenvalue weighted by Gasteiger charge is 2.08. The van der Waals surface area contributed by atoms with Crippen molar-refractivity contribution in [3.05, 3.63) is 59.7 Å². The van der Waals surface area contributed by atoms with Gasteiger partial charge < -0.3 is 9.47 Å². The van der Waals surface area contributed by atoms with Crippen molar-refractivity contribution >= 4 is 5.97 Å². The third-order valence-corrected chi connectivity index (χ3v) is 2.79. The molecule has 22 heavy (non-hydrogen) atoms. The molecule has 0 amide bonds. The predicted octanol–water partition coefficient (Wildman–Crippen LogP) is 2.61. The van der Waals surface area contributed by atoms with E-state index in [2.05, 4.69) is 0 Å². The van der Waals surface area contributed by atoms with Crippen molar-refractivity contribution in [3.8, 4) is 23.6 Å². The number of nitrogens with zero attached hydrogens (tertiary/aromatic N) is 2. The van der Waals surface area contributed by atoms with Crippen LogP contribution in [0.5, 0.6) is 11.5 Å². The number of esters is 1. The van der Waals surface area contributed by atoms with Crippen molar-refractivity contribution in [3.63, 3.8) is 0 Å². The minimum absolute atomic E-state index is 0.293. The lowest BCUT2D eigenvalue weighted by Gasteiger charge is -2.08. The van der Waals surface area contributed by atoms with Crippen LogP contribution in [0.15, 0.2) is 48.5 Å². The lowest BCUT2D eigenvalue weighted by Crippen LogP contribution is -2.18. The fourth-order valence-electron chi connectivity index (χ4n) is 1.75. The lowest BCUT2D eigenvalue weighted by atomic mass is 10.2. The van der Waals surface area contributed by atoms with Gasteiger partial charge in [0.15, 0.2) is 6.61 Å². The molecule has 2 aromatic carbocycles. The van der Waals surface area contributed by atoms with E-state index in [4.69, 9.17) is 20.0 Å². The summed E-state index contributed by atoms with van der Waals surface area (Å²) in [6.45, 7) is -0.293. The topological polar surface area (TPSA) is 83.1 Å². The maximum Gasteiger partial charge on any atom is 0.349 e. The van der Waals surface area contributed by atoms with E-state index in [9.17, 15) is 4.79 Å². The monoisotopic (exact) mass is 292 g/mol. The van der Waals surface area contributed by atoms with Crippen LogP contribution in [0, 0.1) is 22.7 Å². The quantitative estimate of drug-likeness (QED) is 0.625. The standard InChI is InChI=1S/C17H12N2O3/c18-10-9-13-5-7-15(8-6-13)22-17(20)12-21-16-4-2-1-3-14(16)11-19/h1-8H,9,12H2. The number of carbonyl (C=O) groups excluding carboxylic acids is 1. The van der Waals surface area contributed by atoms with Crippen molar-refractivity contribution < 1.29 is 14.3 Å². The number of nitriles is 2. The first-order chi connectivity index (χ1) is 10.7. The van der Waals surface area contributed by atoms with E-state index in [1.165, 1.54) is 0 Å². The number of ether oxygens (including phenoxy) is 2. The Morgan fingerprint density at radius 3 is 2.45 bits per heavy atom. The van der Waals surface area contributed by atoms with Crippen molar-refractivity contribution in [1.29, 1.82) is 10.5 Å².